The van der Waals surface area contributed by atoms with Gasteiger partial charge in [0.15, 0.2) is 0 Å². The summed E-state index contributed by atoms with van der Waals surface area (Å²) >= 11 is 0. The number of hydrogen-bond acceptors (Lipinski definition) is 3. The van der Waals surface area contributed by atoms with E-state index in [0.29, 0.717) is 5.56 Å². The largest absolute Gasteiger partial charge is 0.481 e. The molecule has 1 fully saturated rings. The predicted octanol–water partition coefficient (Wildman–Crippen LogP) is 1.16. The number of aliphatic carboxylic acids is 1. The molecule has 1 aromatic rings. The van der Waals surface area contributed by atoms with Gasteiger partial charge < -0.3 is 5.11 Å². The molecule has 2 rings (SSSR count). The van der Waals surface area contributed by atoms with Gasteiger partial charge in [0.05, 0.1) is 12.7 Å². The Kier molecular flexibility index (Phi) is 2.77. The second-order valence-electron chi connectivity index (χ2n) is 4.29. The number of carbonyl (C=O) groups is 1. The first-order valence-corrected chi connectivity index (χ1v) is 5.37. The van der Waals surface area contributed by atoms with E-state index >= 15 is 0 Å². The van der Waals surface area contributed by atoms with Gasteiger partial charge >= 0.3 is 5.97 Å². The summed E-state index contributed by atoms with van der Waals surface area (Å²) in [5.41, 5.74) is 0.406. The Morgan fingerprint density at radius 3 is 2.94 bits per heavy atom. The maximum atomic E-state index is 12.0. The van der Waals surface area contributed by atoms with E-state index in [9.17, 15) is 9.59 Å². The zero-order valence-corrected chi connectivity index (χ0v) is 9.09. The quantitative estimate of drug-likeness (QED) is 0.829. The molecule has 0 aliphatic heterocycles. The van der Waals surface area contributed by atoms with Gasteiger partial charge in [0.1, 0.15) is 0 Å². The van der Waals surface area contributed by atoms with Gasteiger partial charge in [-0.25, -0.2) is 4.98 Å². The van der Waals surface area contributed by atoms with E-state index in [1.165, 1.54) is 12.5 Å². The number of carboxylic acid groups (broad SMARTS) is 1. The van der Waals surface area contributed by atoms with Gasteiger partial charge in [-0.15, -0.1) is 0 Å². The first kappa shape index (κ1) is 10.9. The molecule has 0 aromatic carbocycles. The van der Waals surface area contributed by atoms with Gasteiger partial charge in [-0.2, -0.15) is 0 Å². The molecule has 1 heterocycles. The molecule has 0 bridgehead atoms. The minimum atomic E-state index is -0.895. The van der Waals surface area contributed by atoms with Crippen molar-refractivity contribution in [3.8, 4) is 0 Å². The zero-order chi connectivity index (χ0) is 11.7. The van der Waals surface area contributed by atoms with E-state index in [-0.39, 0.29) is 23.9 Å². The van der Waals surface area contributed by atoms with Crippen LogP contribution in [0.4, 0.5) is 0 Å². The molecule has 0 radical (unpaired) electrons. The Bertz CT molecular complexity index is 463. The average molecular weight is 222 g/mol. The van der Waals surface area contributed by atoms with Crippen LogP contribution in [0.3, 0.4) is 0 Å². The molecule has 5 heteroatoms. The van der Waals surface area contributed by atoms with Crippen molar-refractivity contribution in [2.75, 3.05) is 0 Å². The number of nitrogens with zero attached hydrogens (tertiary/aromatic N) is 2. The topological polar surface area (TPSA) is 72.2 Å². The summed E-state index contributed by atoms with van der Waals surface area (Å²) in [6.07, 6.45) is 5.01. The third-order valence-electron chi connectivity index (χ3n) is 2.84. The molecular weight excluding hydrogens is 208 g/mol. The monoisotopic (exact) mass is 222 g/mol. The zero-order valence-electron chi connectivity index (χ0n) is 9.09. The number of aromatic nitrogens is 2. The minimum Gasteiger partial charge on any atom is -0.481 e. The van der Waals surface area contributed by atoms with Crippen molar-refractivity contribution in [1.82, 2.24) is 9.55 Å². The molecule has 1 saturated carbocycles. The lowest BCUT2D eigenvalue weighted by atomic mass is 10.0. The summed E-state index contributed by atoms with van der Waals surface area (Å²) in [7, 11) is 0. The minimum absolute atomic E-state index is 0.0361. The number of hydrogen-bond donors (Lipinski definition) is 1. The fourth-order valence-electron chi connectivity index (χ4n) is 1.76. The summed E-state index contributed by atoms with van der Waals surface area (Å²) in [4.78, 5) is 26.6. The van der Waals surface area contributed by atoms with Crippen LogP contribution in [-0.2, 0) is 4.79 Å². The van der Waals surface area contributed by atoms with Gasteiger partial charge in [-0.1, -0.05) is 6.92 Å². The smallest absolute Gasteiger partial charge is 0.303 e. The maximum Gasteiger partial charge on any atom is 0.303 e. The van der Waals surface area contributed by atoms with Gasteiger partial charge in [0.2, 0.25) is 0 Å². The van der Waals surface area contributed by atoms with E-state index in [2.05, 4.69) is 4.98 Å². The van der Waals surface area contributed by atoms with Crippen LogP contribution in [-0.4, -0.2) is 20.6 Å². The van der Waals surface area contributed by atoms with Crippen LogP contribution in [0.1, 0.15) is 43.7 Å². The third-order valence-corrected chi connectivity index (χ3v) is 2.84. The van der Waals surface area contributed by atoms with Crippen molar-refractivity contribution in [1.29, 1.82) is 0 Å². The molecule has 0 spiro atoms. The van der Waals surface area contributed by atoms with Crippen molar-refractivity contribution in [3.63, 3.8) is 0 Å². The summed E-state index contributed by atoms with van der Waals surface area (Å²) in [6, 6.07) is 0.275. The molecule has 5 nitrogen and oxygen atoms in total. The van der Waals surface area contributed by atoms with E-state index in [1.54, 1.807) is 11.5 Å². The van der Waals surface area contributed by atoms with Crippen molar-refractivity contribution in [3.05, 3.63) is 28.4 Å². The van der Waals surface area contributed by atoms with Crippen LogP contribution in [0, 0.1) is 0 Å². The summed E-state index contributed by atoms with van der Waals surface area (Å²) in [5, 5.41) is 8.70. The Morgan fingerprint density at radius 1 is 1.69 bits per heavy atom. The Balaban J connectivity index is 2.30. The molecule has 1 unspecified atom stereocenters. The average Bonchev–Trinajstić information content (AvgIpc) is 3.00. The van der Waals surface area contributed by atoms with Crippen LogP contribution in [0.5, 0.6) is 0 Å². The lowest BCUT2D eigenvalue weighted by molar-refractivity contribution is -0.137. The van der Waals surface area contributed by atoms with Gasteiger partial charge in [-0.05, 0) is 18.8 Å². The second-order valence-corrected chi connectivity index (χ2v) is 4.29. The van der Waals surface area contributed by atoms with Crippen molar-refractivity contribution >= 4 is 5.97 Å². The number of rotatable bonds is 4. The highest BCUT2D eigenvalue weighted by molar-refractivity contribution is 5.67. The third kappa shape index (κ3) is 2.13. The lowest BCUT2D eigenvalue weighted by Crippen LogP contribution is -2.25. The normalized spacial score (nSPS) is 17.1. The summed E-state index contributed by atoms with van der Waals surface area (Å²) in [6.45, 7) is 1.74. The Hall–Kier alpha value is -1.65. The maximum absolute atomic E-state index is 12.0. The van der Waals surface area contributed by atoms with E-state index < -0.39 is 5.97 Å². The van der Waals surface area contributed by atoms with Crippen LogP contribution < -0.4 is 5.56 Å². The van der Waals surface area contributed by atoms with Crippen molar-refractivity contribution < 1.29 is 9.90 Å². The van der Waals surface area contributed by atoms with Gasteiger partial charge in [0.25, 0.3) is 5.56 Å². The van der Waals surface area contributed by atoms with Crippen LogP contribution in [0.2, 0.25) is 0 Å². The fraction of sp³-hybridized carbons (Fsp3) is 0.545. The van der Waals surface area contributed by atoms with Crippen LogP contribution >= 0.6 is 0 Å². The molecule has 1 aliphatic rings. The highest BCUT2D eigenvalue weighted by atomic mass is 16.4. The van der Waals surface area contributed by atoms with E-state index in [1.807, 2.05) is 0 Å². The first-order valence-electron chi connectivity index (χ1n) is 5.37. The summed E-state index contributed by atoms with van der Waals surface area (Å²) in [5.74, 6) is -1.18. The molecule has 1 atom stereocenters. The molecule has 1 aliphatic carbocycles. The molecule has 0 amide bonds. The number of carboxylic acids is 1. The standard InChI is InChI=1S/C11H14N2O3/c1-7(4-10(14)15)9-5-12-6-13(11(9)16)8-2-3-8/h5-8H,2-4H2,1H3,(H,14,15). The van der Waals surface area contributed by atoms with Crippen molar-refractivity contribution in [2.45, 2.75) is 38.1 Å². The van der Waals surface area contributed by atoms with Crippen molar-refractivity contribution in [2.24, 2.45) is 0 Å². The molecule has 0 saturated heterocycles. The van der Waals surface area contributed by atoms with Gasteiger partial charge in [0, 0.05) is 17.8 Å². The fourth-order valence-corrected chi connectivity index (χ4v) is 1.76. The highest BCUT2D eigenvalue weighted by Crippen LogP contribution is 2.33. The SMILES string of the molecule is CC(CC(=O)O)c1cncn(C2CC2)c1=O. The predicted molar refractivity (Wildman–Crippen MR) is 57.4 cm³/mol. The van der Waals surface area contributed by atoms with Crippen LogP contribution in [0.25, 0.3) is 0 Å². The van der Waals surface area contributed by atoms with Gasteiger partial charge in [-0.3, -0.25) is 14.2 Å². The van der Waals surface area contributed by atoms with E-state index in [4.69, 9.17) is 5.11 Å². The van der Waals surface area contributed by atoms with Crippen LogP contribution in [0.15, 0.2) is 17.3 Å². The first-order chi connectivity index (χ1) is 7.59. The van der Waals surface area contributed by atoms with E-state index in [0.717, 1.165) is 12.8 Å². The Morgan fingerprint density at radius 2 is 2.38 bits per heavy atom. The molecular formula is C11H14N2O3. The molecule has 16 heavy (non-hydrogen) atoms. The second kappa shape index (κ2) is 4.08. The highest BCUT2D eigenvalue weighted by Gasteiger charge is 2.26. The molecule has 86 valence electrons. The summed E-state index contributed by atoms with van der Waals surface area (Å²) < 4.78 is 1.62. The lowest BCUT2D eigenvalue weighted by Gasteiger charge is -2.10. The molecule has 1 N–H and O–H groups in total. The molecule has 1 aromatic heterocycles. The Labute approximate surface area is 92.7 Å².